The molecule has 0 aliphatic carbocycles. The summed E-state index contributed by atoms with van der Waals surface area (Å²) in [5.74, 6) is -0.459. The molecule has 1 spiro atoms. The lowest BCUT2D eigenvalue weighted by molar-refractivity contribution is 0.00837. The molecule has 2 fully saturated rings. The summed E-state index contributed by atoms with van der Waals surface area (Å²) in [6.45, 7) is 1.97. The van der Waals surface area contributed by atoms with Crippen LogP contribution in [0.15, 0.2) is 36.4 Å². The largest absolute Gasteiger partial charge is 0.508 e. The average Bonchev–Trinajstić information content (AvgIpc) is 3.53. The predicted octanol–water partition coefficient (Wildman–Crippen LogP) is 4.84. The molecule has 2 aromatic heterocycles. The topological polar surface area (TPSA) is 108 Å². The van der Waals surface area contributed by atoms with Crippen molar-refractivity contribution >= 4 is 67.3 Å². The van der Waals surface area contributed by atoms with Gasteiger partial charge in [0, 0.05) is 52.2 Å². The number of nitrogens with one attached hydrogen (secondary N) is 2. The van der Waals surface area contributed by atoms with Crippen molar-refractivity contribution < 1.29 is 19.4 Å². The molecule has 1 unspecified atom stereocenters. The number of hydrogen-bond donors (Lipinski definition) is 3. The average molecular weight is 545 g/mol. The first kappa shape index (κ1) is 23.5. The Labute approximate surface area is 220 Å². The minimum atomic E-state index is -0.355. The predicted molar refractivity (Wildman–Crippen MR) is 139 cm³/mol. The maximum Gasteiger partial charge on any atom is 0.272 e. The number of aromatic hydroxyl groups is 1. The highest BCUT2D eigenvalue weighted by molar-refractivity contribution is 7.21. The Balaban J connectivity index is 1.29. The molecule has 1 atom stereocenters. The van der Waals surface area contributed by atoms with Crippen LogP contribution in [0.25, 0.3) is 21.0 Å². The molecule has 36 heavy (non-hydrogen) atoms. The first-order valence-electron chi connectivity index (χ1n) is 11.6. The van der Waals surface area contributed by atoms with Crippen LogP contribution in [0, 0.1) is 5.41 Å². The molecule has 2 amide bonds. The maximum atomic E-state index is 13.7. The molecule has 0 bridgehead atoms. The van der Waals surface area contributed by atoms with Gasteiger partial charge in [-0.05, 0) is 43.2 Å². The quantitative estimate of drug-likeness (QED) is 0.342. The van der Waals surface area contributed by atoms with Crippen LogP contribution in [0.4, 0.5) is 0 Å². The van der Waals surface area contributed by atoms with E-state index >= 15 is 0 Å². The number of carbonyl (C=O) groups is 2. The number of hydrogen-bond acceptors (Lipinski definition) is 6. The second kappa shape index (κ2) is 8.92. The van der Waals surface area contributed by atoms with Gasteiger partial charge in [-0.2, -0.15) is 5.10 Å². The Kier molecular flexibility index (Phi) is 5.83. The number of aromatic amines is 1. The Morgan fingerprint density at radius 3 is 2.78 bits per heavy atom. The first-order valence-corrected chi connectivity index (χ1v) is 13.1. The molecule has 6 rings (SSSR count). The summed E-state index contributed by atoms with van der Waals surface area (Å²) >= 11 is 14.1. The van der Waals surface area contributed by atoms with E-state index in [2.05, 4.69) is 15.5 Å². The molecule has 4 aromatic rings. The summed E-state index contributed by atoms with van der Waals surface area (Å²) in [6.07, 6.45) is 1.44. The number of H-pyrrole nitrogens is 1. The number of amides is 2. The van der Waals surface area contributed by atoms with E-state index in [-0.39, 0.29) is 34.7 Å². The summed E-state index contributed by atoms with van der Waals surface area (Å²) in [6, 6.07) is 9.82. The van der Waals surface area contributed by atoms with E-state index in [1.807, 2.05) is 12.1 Å². The lowest BCUT2D eigenvalue weighted by Gasteiger charge is -2.37. The van der Waals surface area contributed by atoms with Gasteiger partial charge in [0.05, 0.1) is 16.6 Å². The molecule has 11 heteroatoms. The van der Waals surface area contributed by atoms with Crippen LogP contribution in [0.3, 0.4) is 0 Å². The fourth-order valence-corrected chi connectivity index (χ4v) is 7.08. The van der Waals surface area contributed by atoms with Gasteiger partial charge in [-0.3, -0.25) is 14.7 Å². The van der Waals surface area contributed by atoms with Crippen molar-refractivity contribution in [3.8, 4) is 5.75 Å². The Hall–Kier alpha value is -2.85. The molecule has 2 aromatic carbocycles. The van der Waals surface area contributed by atoms with E-state index in [1.165, 1.54) is 23.5 Å². The number of fused-ring (bicyclic) bond motifs is 2. The molecule has 2 saturated heterocycles. The molecule has 4 heterocycles. The number of carbonyl (C=O) groups excluding carboxylic acids is 2. The zero-order valence-corrected chi connectivity index (χ0v) is 21.3. The van der Waals surface area contributed by atoms with Crippen molar-refractivity contribution in [3.05, 3.63) is 57.0 Å². The number of likely N-dealkylation sites (tertiary alicyclic amines) is 1. The fourth-order valence-electron chi connectivity index (χ4n) is 5.33. The summed E-state index contributed by atoms with van der Waals surface area (Å²) < 4.78 is 6.47. The number of rotatable bonds is 3. The van der Waals surface area contributed by atoms with E-state index in [0.717, 1.165) is 22.9 Å². The van der Waals surface area contributed by atoms with Gasteiger partial charge in [0.1, 0.15) is 10.6 Å². The molecule has 186 valence electrons. The number of ether oxygens (including phenoxy) is 1. The Morgan fingerprint density at radius 2 is 1.97 bits per heavy atom. The van der Waals surface area contributed by atoms with Crippen LogP contribution >= 0.6 is 34.5 Å². The SMILES string of the molecule is O=C(NC1CN(C(=O)c2sc3cc(Cl)ccc3c2Cl)CC12CCOCC2)c1n[nH]c2ccc(O)cc12. The molecule has 0 saturated carbocycles. The summed E-state index contributed by atoms with van der Waals surface area (Å²) in [5.41, 5.74) is 0.545. The van der Waals surface area contributed by atoms with E-state index in [0.29, 0.717) is 52.1 Å². The third-order valence-electron chi connectivity index (χ3n) is 7.28. The number of thiophene rings is 1. The summed E-state index contributed by atoms with van der Waals surface area (Å²) in [7, 11) is 0. The van der Waals surface area contributed by atoms with Gasteiger partial charge in [0.25, 0.3) is 11.8 Å². The van der Waals surface area contributed by atoms with Crippen LogP contribution in [0.5, 0.6) is 5.75 Å². The Bertz CT molecular complexity index is 1510. The second-order valence-corrected chi connectivity index (χ2v) is 11.2. The minimum absolute atomic E-state index is 0.0537. The van der Waals surface area contributed by atoms with Crippen molar-refractivity contribution in [2.45, 2.75) is 18.9 Å². The number of phenols is 1. The highest BCUT2D eigenvalue weighted by atomic mass is 35.5. The molecular weight excluding hydrogens is 523 g/mol. The maximum absolute atomic E-state index is 13.7. The van der Waals surface area contributed by atoms with Crippen LogP contribution in [0.2, 0.25) is 10.0 Å². The normalized spacial score (nSPS) is 19.4. The van der Waals surface area contributed by atoms with E-state index in [4.69, 9.17) is 27.9 Å². The smallest absolute Gasteiger partial charge is 0.272 e. The monoisotopic (exact) mass is 544 g/mol. The van der Waals surface area contributed by atoms with Gasteiger partial charge in [-0.15, -0.1) is 11.3 Å². The van der Waals surface area contributed by atoms with Gasteiger partial charge >= 0.3 is 0 Å². The zero-order valence-electron chi connectivity index (χ0n) is 19.0. The number of benzene rings is 2. The standard InChI is InChI=1S/C25H22Cl2N4O4S/c26-13-1-3-15-18(9-13)36-22(20(15)27)24(34)31-11-19(25(12-31)5-7-35-8-6-25)28-23(33)21-16-10-14(32)2-4-17(16)29-30-21/h1-4,9-10,19,32H,5-8,11-12H2,(H,28,33)(H,29,30). The van der Waals surface area contributed by atoms with Crippen molar-refractivity contribution in [1.82, 2.24) is 20.4 Å². The number of halogens is 2. The molecule has 2 aliphatic rings. The van der Waals surface area contributed by atoms with Crippen molar-refractivity contribution in [3.63, 3.8) is 0 Å². The lowest BCUT2D eigenvalue weighted by atomic mass is 9.76. The van der Waals surface area contributed by atoms with Crippen LogP contribution in [-0.2, 0) is 4.74 Å². The molecule has 2 aliphatic heterocycles. The fraction of sp³-hybridized carbons (Fsp3) is 0.320. The van der Waals surface area contributed by atoms with Gasteiger partial charge in [-0.1, -0.05) is 29.3 Å². The molecule has 8 nitrogen and oxygen atoms in total. The van der Waals surface area contributed by atoms with Crippen molar-refractivity contribution in [2.75, 3.05) is 26.3 Å². The highest BCUT2D eigenvalue weighted by Gasteiger charge is 2.50. The molecule has 0 radical (unpaired) electrons. The van der Waals surface area contributed by atoms with E-state index < -0.39 is 0 Å². The molecule has 3 N–H and O–H groups in total. The van der Waals surface area contributed by atoms with Gasteiger partial charge < -0.3 is 20.1 Å². The van der Waals surface area contributed by atoms with Gasteiger partial charge in [0.2, 0.25) is 0 Å². The van der Waals surface area contributed by atoms with Gasteiger partial charge in [0.15, 0.2) is 5.69 Å². The number of aromatic nitrogens is 2. The van der Waals surface area contributed by atoms with Crippen LogP contribution in [-0.4, -0.2) is 64.4 Å². The highest BCUT2D eigenvalue weighted by Crippen LogP contribution is 2.43. The number of phenolic OH excluding ortho intramolecular Hbond substituents is 1. The van der Waals surface area contributed by atoms with E-state index in [9.17, 15) is 14.7 Å². The van der Waals surface area contributed by atoms with E-state index in [1.54, 1.807) is 17.0 Å². The van der Waals surface area contributed by atoms with Crippen LogP contribution < -0.4 is 5.32 Å². The number of nitrogens with zero attached hydrogens (tertiary/aromatic N) is 2. The summed E-state index contributed by atoms with van der Waals surface area (Å²) in [4.78, 5) is 29.2. The van der Waals surface area contributed by atoms with Crippen LogP contribution in [0.1, 0.15) is 33.0 Å². The first-order chi connectivity index (χ1) is 17.3. The second-order valence-electron chi connectivity index (χ2n) is 9.37. The molecular formula is C25H22Cl2N4O4S. The minimum Gasteiger partial charge on any atom is -0.508 e. The third kappa shape index (κ3) is 3.91. The zero-order chi connectivity index (χ0) is 25.0. The van der Waals surface area contributed by atoms with Crippen molar-refractivity contribution in [1.29, 1.82) is 0 Å². The summed E-state index contributed by atoms with van der Waals surface area (Å²) in [5, 5.41) is 22.4. The van der Waals surface area contributed by atoms with Crippen molar-refractivity contribution in [2.24, 2.45) is 5.41 Å². The van der Waals surface area contributed by atoms with Gasteiger partial charge in [-0.25, -0.2) is 0 Å². The lowest BCUT2D eigenvalue weighted by Crippen LogP contribution is -2.49. The Morgan fingerprint density at radius 1 is 1.17 bits per heavy atom. The third-order valence-corrected chi connectivity index (χ3v) is 9.16.